The first kappa shape index (κ1) is 25.3. The first-order chi connectivity index (χ1) is 16.8. The fourth-order valence-electron chi connectivity index (χ4n) is 3.71. The summed E-state index contributed by atoms with van der Waals surface area (Å²) >= 11 is 0. The summed E-state index contributed by atoms with van der Waals surface area (Å²) in [5.74, 6) is -1.17. The number of hydrogen-bond donors (Lipinski definition) is 1. The number of methoxy groups -OCH3 is 4. The van der Waals surface area contributed by atoms with Gasteiger partial charge in [0.25, 0.3) is 11.8 Å². The summed E-state index contributed by atoms with van der Waals surface area (Å²) in [6, 6.07) is 8.05. The molecule has 0 aromatic heterocycles. The van der Waals surface area contributed by atoms with Gasteiger partial charge in [-0.3, -0.25) is 24.6 Å². The average molecular weight is 485 g/mol. The fourth-order valence-corrected chi connectivity index (χ4v) is 3.71. The molecule has 2 aromatic carbocycles. The minimum atomic E-state index is -1.22. The van der Waals surface area contributed by atoms with Crippen LogP contribution in [0.3, 0.4) is 0 Å². The molecule has 1 N–H and O–H groups in total. The minimum absolute atomic E-state index is 0.00728. The number of carbonyl (C=O) groups is 4. The number of rotatable bonds is 8. The van der Waals surface area contributed by atoms with Crippen molar-refractivity contribution < 1.29 is 38.1 Å². The molecular weight excluding hydrogens is 458 g/mol. The Morgan fingerprint density at radius 2 is 1.66 bits per heavy atom. The second-order valence-electron chi connectivity index (χ2n) is 7.46. The predicted molar refractivity (Wildman–Crippen MR) is 125 cm³/mol. The van der Waals surface area contributed by atoms with Crippen LogP contribution in [0, 0.1) is 0 Å². The van der Waals surface area contributed by atoms with E-state index in [4.69, 9.17) is 18.9 Å². The highest BCUT2D eigenvalue weighted by atomic mass is 16.5. The van der Waals surface area contributed by atoms with Gasteiger partial charge in [0.2, 0.25) is 17.6 Å². The molecule has 3 rings (SSSR count). The van der Waals surface area contributed by atoms with E-state index >= 15 is 0 Å². The van der Waals surface area contributed by atoms with E-state index < -0.39 is 29.7 Å². The second kappa shape index (κ2) is 10.8. The number of hydrogen-bond acceptors (Lipinski definition) is 8. The van der Waals surface area contributed by atoms with Gasteiger partial charge >= 0.3 is 0 Å². The molecule has 1 aliphatic heterocycles. The van der Waals surface area contributed by atoms with Crippen molar-refractivity contribution in [2.24, 2.45) is 0 Å². The van der Waals surface area contributed by atoms with Crippen molar-refractivity contribution in [3.05, 3.63) is 42.0 Å². The van der Waals surface area contributed by atoms with Crippen molar-refractivity contribution in [3.8, 4) is 23.0 Å². The van der Waals surface area contributed by atoms with Crippen molar-refractivity contribution in [3.63, 3.8) is 0 Å². The zero-order valence-electron chi connectivity index (χ0n) is 20.1. The molecule has 0 bridgehead atoms. The van der Waals surface area contributed by atoms with Gasteiger partial charge < -0.3 is 18.9 Å². The number of nitrogens with zero attached hydrogens (tertiary/aromatic N) is 2. The van der Waals surface area contributed by atoms with Crippen molar-refractivity contribution in [1.29, 1.82) is 0 Å². The molecule has 35 heavy (non-hydrogen) atoms. The zero-order valence-corrected chi connectivity index (χ0v) is 20.1. The first-order valence-corrected chi connectivity index (χ1v) is 10.7. The summed E-state index contributed by atoms with van der Waals surface area (Å²) < 4.78 is 21.0. The first-order valence-electron chi connectivity index (χ1n) is 10.7. The summed E-state index contributed by atoms with van der Waals surface area (Å²) in [4.78, 5) is 52.9. The molecule has 0 aliphatic carbocycles. The van der Waals surface area contributed by atoms with Crippen LogP contribution in [0.25, 0.3) is 0 Å². The molecule has 2 aromatic rings. The van der Waals surface area contributed by atoms with E-state index in [2.05, 4.69) is 5.43 Å². The van der Waals surface area contributed by atoms with Gasteiger partial charge in [-0.05, 0) is 24.3 Å². The Kier molecular flexibility index (Phi) is 7.80. The summed E-state index contributed by atoms with van der Waals surface area (Å²) in [6.07, 6.45) is -0.302. The van der Waals surface area contributed by atoms with Crippen LogP contribution in [-0.2, 0) is 14.4 Å². The van der Waals surface area contributed by atoms with Crippen LogP contribution < -0.4 is 29.3 Å². The van der Waals surface area contributed by atoms with Gasteiger partial charge in [-0.1, -0.05) is 13.0 Å². The number of nitrogens with one attached hydrogen (secondary N) is 1. The van der Waals surface area contributed by atoms with Crippen LogP contribution in [0.1, 0.15) is 30.1 Å². The van der Waals surface area contributed by atoms with Crippen LogP contribution >= 0.6 is 0 Å². The number of benzene rings is 2. The Bertz CT molecular complexity index is 1120. The number of carbonyl (C=O) groups excluding carboxylic acids is 4. The van der Waals surface area contributed by atoms with E-state index in [9.17, 15) is 19.2 Å². The Morgan fingerprint density at radius 1 is 1.00 bits per heavy atom. The highest BCUT2D eigenvalue weighted by molar-refractivity contribution is 6.23. The lowest BCUT2D eigenvalue weighted by Gasteiger charge is -2.27. The predicted octanol–water partition coefficient (Wildman–Crippen LogP) is 1.94. The number of anilines is 1. The number of amides is 4. The van der Waals surface area contributed by atoms with Crippen LogP contribution in [0.15, 0.2) is 36.4 Å². The quantitative estimate of drug-likeness (QED) is 0.444. The van der Waals surface area contributed by atoms with Crippen LogP contribution in [0.5, 0.6) is 23.0 Å². The normalized spacial score (nSPS) is 15.0. The third kappa shape index (κ3) is 4.98. The molecule has 1 atom stereocenters. The molecule has 0 radical (unpaired) electrons. The maximum absolute atomic E-state index is 13.2. The summed E-state index contributed by atoms with van der Waals surface area (Å²) in [5, 5.41) is 0.909. The number of ether oxygens (including phenoxy) is 4. The molecule has 11 heteroatoms. The largest absolute Gasteiger partial charge is 0.497 e. The molecule has 11 nitrogen and oxygen atoms in total. The molecule has 0 unspecified atom stereocenters. The Morgan fingerprint density at radius 3 is 2.20 bits per heavy atom. The van der Waals surface area contributed by atoms with Gasteiger partial charge in [-0.15, -0.1) is 0 Å². The summed E-state index contributed by atoms with van der Waals surface area (Å²) in [7, 11) is 5.71. The van der Waals surface area contributed by atoms with Crippen LogP contribution in [0.2, 0.25) is 0 Å². The molecule has 0 spiro atoms. The second-order valence-corrected chi connectivity index (χ2v) is 7.46. The van der Waals surface area contributed by atoms with E-state index in [0.717, 1.165) is 9.91 Å². The lowest BCUT2D eigenvalue weighted by Crippen LogP contribution is -2.54. The highest BCUT2D eigenvalue weighted by Crippen LogP contribution is 2.38. The van der Waals surface area contributed by atoms with E-state index in [1.54, 1.807) is 31.2 Å². The lowest BCUT2D eigenvalue weighted by atomic mass is 10.1. The molecule has 186 valence electrons. The third-order valence-electron chi connectivity index (χ3n) is 5.47. The van der Waals surface area contributed by atoms with Gasteiger partial charge in [0, 0.05) is 18.1 Å². The van der Waals surface area contributed by atoms with Gasteiger partial charge in [0.05, 0.1) is 40.5 Å². The van der Waals surface area contributed by atoms with Gasteiger partial charge in [0.15, 0.2) is 11.5 Å². The van der Waals surface area contributed by atoms with Gasteiger partial charge in [0.1, 0.15) is 11.8 Å². The lowest BCUT2D eigenvalue weighted by molar-refractivity contribution is -0.140. The topological polar surface area (TPSA) is 124 Å². The average Bonchev–Trinajstić information content (AvgIpc) is 3.18. The zero-order chi connectivity index (χ0) is 25.7. The van der Waals surface area contributed by atoms with E-state index in [0.29, 0.717) is 17.2 Å². The molecule has 1 fully saturated rings. The molecule has 4 amide bonds. The van der Waals surface area contributed by atoms with E-state index in [-0.39, 0.29) is 29.9 Å². The number of imide groups is 1. The van der Waals surface area contributed by atoms with Gasteiger partial charge in [-0.2, -0.15) is 0 Å². The van der Waals surface area contributed by atoms with Crippen molar-refractivity contribution in [1.82, 2.24) is 10.4 Å². The van der Waals surface area contributed by atoms with E-state index in [1.807, 2.05) is 0 Å². The van der Waals surface area contributed by atoms with Crippen LogP contribution in [0.4, 0.5) is 5.69 Å². The summed E-state index contributed by atoms with van der Waals surface area (Å²) in [5.41, 5.74) is 2.88. The Balaban J connectivity index is 1.92. The SMILES string of the molecule is CCC(=O)N(NC(=O)c1cc(OC)c(OC)c(OC)c1)[C@H]1CC(=O)N(c2cccc(OC)c2)C1=O. The minimum Gasteiger partial charge on any atom is -0.497 e. The van der Waals surface area contributed by atoms with E-state index in [1.165, 1.54) is 40.6 Å². The Labute approximate surface area is 202 Å². The maximum Gasteiger partial charge on any atom is 0.270 e. The molecule has 1 saturated heterocycles. The van der Waals surface area contributed by atoms with Crippen molar-refractivity contribution in [2.45, 2.75) is 25.8 Å². The maximum atomic E-state index is 13.2. The van der Waals surface area contributed by atoms with Gasteiger partial charge in [-0.25, -0.2) is 9.91 Å². The molecular formula is C24H27N3O8. The molecule has 0 saturated carbocycles. The molecule has 1 aliphatic rings. The van der Waals surface area contributed by atoms with Crippen molar-refractivity contribution >= 4 is 29.3 Å². The smallest absolute Gasteiger partial charge is 0.270 e. The standard InChI is InChI=1S/C24H27N3O8/c1-6-20(28)27(25-23(30)14-10-18(33-3)22(35-5)19(11-14)34-4)17-13-21(29)26(24(17)31)15-8-7-9-16(12-15)32-2/h7-12,17H,6,13H2,1-5H3,(H,25,30)/t17-/m0/s1. The summed E-state index contributed by atoms with van der Waals surface area (Å²) in [6.45, 7) is 1.59. The fraction of sp³-hybridized carbons (Fsp3) is 0.333. The third-order valence-corrected chi connectivity index (χ3v) is 5.47. The van der Waals surface area contributed by atoms with Crippen molar-refractivity contribution in [2.75, 3.05) is 33.3 Å². The van der Waals surface area contributed by atoms with Crippen LogP contribution in [-0.4, -0.2) is 63.1 Å². The highest BCUT2D eigenvalue weighted by Gasteiger charge is 2.45. The number of hydrazine groups is 1. The Hall–Kier alpha value is -4.28. The monoisotopic (exact) mass is 485 g/mol. The molecule has 1 heterocycles.